The lowest BCUT2D eigenvalue weighted by molar-refractivity contribution is -0.118. The van der Waals surface area contributed by atoms with Gasteiger partial charge in [0.1, 0.15) is 13.2 Å². The number of rotatable bonds is 7. The zero-order valence-electron chi connectivity index (χ0n) is 11.8. The average Bonchev–Trinajstić information content (AvgIpc) is 2.48. The maximum absolute atomic E-state index is 11.5. The third-order valence-electron chi connectivity index (χ3n) is 2.79. The number of amides is 1. The van der Waals surface area contributed by atoms with Crippen molar-refractivity contribution in [3.8, 4) is 11.5 Å². The van der Waals surface area contributed by atoms with Crippen molar-refractivity contribution in [3.05, 3.63) is 22.7 Å². The molecule has 0 aliphatic carbocycles. The molecule has 5 nitrogen and oxygen atoms in total. The molecule has 1 aromatic rings. The van der Waals surface area contributed by atoms with Crippen molar-refractivity contribution in [2.75, 3.05) is 39.2 Å². The van der Waals surface area contributed by atoms with Crippen LogP contribution in [-0.2, 0) is 15.3 Å². The summed E-state index contributed by atoms with van der Waals surface area (Å²) >= 11 is 7.69. The van der Waals surface area contributed by atoms with Gasteiger partial charge in [0, 0.05) is 19.4 Å². The minimum atomic E-state index is 0.000639. The predicted octanol–water partition coefficient (Wildman–Crippen LogP) is 2.11. The molecular weight excluding hydrogens is 314 g/mol. The van der Waals surface area contributed by atoms with Crippen LogP contribution in [0.5, 0.6) is 11.5 Å². The SMILES string of the molecule is COCCNC(=O)CSCc1cc(Cl)c2c(c1)OCCO2. The molecule has 1 heterocycles. The fourth-order valence-corrected chi connectivity index (χ4v) is 2.93. The van der Waals surface area contributed by atoms with Gasteiger partial charge in [0.25, 0.3) is 0 Å². The fourth-order valence-electron chi connectivity index (χ4n) is 1.85. The number of ether oxygens (including phenoxy) is 3. The maximum atomic E-state index is 11.5. The first-order chi connectivity index (χ1) is 10.2. The average molecular weight is 332 g/mol. The van der Waals surface area contributed by atoms with E-state index in [4.69, 9.17) is 25.8 Å². The summed E-state index contributed by atoms with van der Waals surface area (Å²) in [5.41, 5.74) is 1.01. The van der Waals surface area contributed by atoms with E-state index < -0.39 is 0 Å². The van der Waals surface area contributed by atoms with Crippen LogP contribution in [0.2, 0.25) is 5.02 Å². The summed E-state index contributed by atoms with van der Waals surface area (Å²) in [6.45, 7) is 2.10. The van der Waals surface area contributed by atoms with Gasteiger partial charge in [-0.15, -0.1) is 11.8 Å². The summed E-state index contributed by atoms with van der Waals surface area (Å²) in [4.78, 5) is 11.5. The Bertz CT molecular complexity index is 498. The molecule has 0 saturated heterocycles. The summed E-state index contributed by atoms with van der Waals surface area (Å²) < 4.78 is 15.9. The molecule has 21 heavy (non-hydrogen) atoms. The molecule has 1 aliphatic rings. The van der Waals surface area contributed by atoms with Gasteiger partial charge in [0.15, 0.2) is 11.5 Å². The summed E-state index contributed by atoms with van der Waals surface area (Å²) in [6, 6.07) is 3.76. The molecule has 1 aliphatic heterocycles. The molecule has 0 fully saturated rings. The zero-order valence-corrected chi connectivity index (χ0v) is 13.4. The molecular formula is C14H18ClNO4S. The number of carbonyl (C=O) groups is 1. The highest BCUT2D eigenvalue weighted by Gasteiger charge is 2.16. The third-order valence-corrected chi connectivity index (χ3v) is 4.07. The van der Waals surface area contributed by atoms with Crippen molar-refractivity contribution in [1.82, 2.24) is 5.32 Å². The quantitative estimate of drug-likeness (QED) is 0.775. The number of methoxy groups -OCH3 is 1. The van der Waals surface area contributed by atoms with E-state index in [2.05, 4.69) is 5.32 Å². The minimum Gasteiger partial charge on any atom is -0.486 e. The number of fused-ring (bicyclic) bond motifs is 1. The Balaban J connectivity index is 1.81. The Labute approximate surface area is 133 Å². The van der Waals surface area contributed by atoms with Crippen LogP contribution in [-0.4, -0.2) is 45.1 Å². The van der Waals surface area contributed by atoms with Crippen LogP contribution >= 0.6 is 23.4 Å². The normalized spacial score (nSPS) is 13.0. The number of hydrogen-bond acceptors (Lipinski definition) is 5. The van der Waals surface area contributed by atoms with Gasteiger partial charge >= 0.3 is 0 Å². The van der Waals surface area contributed by atoms with E-state index in [9.17, 15) is 4.79 Å². The Kier molecular flexibility index (Phi) is 6.48. The molecule has 116 valence electrons. The molecule has 0 aromatic heterocycles. The molecule has 0 atom stereocenters. The Morgan fingerprint density at radius 3 is 3.05 bits per heavy atom. The van der Waals surface area contributed by atoms with Gasteiger partial charge in [-0.05, 0) is 17.7 Å². The molecule has 0 unspecified atom stereocenters. The minimum absolute atomic E-state index is 0.000639. The van der Waals surface area contributed by atoms with Crippen LogP contribution < -0.4 is 14.8 Å². The topological polar surface area (TPSA) is 56.8 Å². The van der Waals surface area contributed by atoms with Gasteiger partial charge in [0.05, 0.1) is 17.4 Å². The van der Waals surface area contributed by atoms with Crippen molar-refractivity contribution in [2.45, 2.75) is 5.75 Å². The van der Waals surface area contributed by atoms with E-state index in [0.717, 1.165) is 5.56 Å². The van der Waals surface area contributed by atoms with E-state index in [1.165, 1.54) is 11.8 Å². The summed E-state index contributed by atoms with van der Waals surface area (Å²) in [6.07, 6.45) is 0. The molecule has 1 N–H and O–H groups in total. The van der Waals surface area contributed by atoms with E-state index in [1.54, 1.807) is 7.11 Å². The predicted molar refractivity (Wildman–Crippen MR) is 83.5 cm³/mol. The van der Waals surface area contributed by atoms with E-state index in [-0.39, 0.29) is 5.91 Å². The molecule has 7 heteroatoms. The van der Waals surface area contributed by atoms with Crippen LogP contribution in [0.15, 0.2) is 12.1 Å². The summed E-state index contributed by atoms with van der Waals surface area (Å²) in [5, 5.41) is 3.32. The molecule has 1 aromatic carbocycles. The highest BCUT2D eigenvalue weighted by Crippen LogP contribution is 2.39. The van der Waals surface area contributed by atoms with Gasteiger partial charge in [-0.3, -0.25) is 4.79 Å². The van der Waals surface area contributed by atoms with E-state index in [0.29, 0.717) is 54.4 Å². The van der Waals surface area contributed by atoms with E-state index >= 15 is 0 Å². The Morgan fingerprint density at radius 1 is 1.43 bits per heavy atom. The lowest BCUT2D eigenvalue weighted by Gasteiger charge is -2.20. The summed E-state index contributed by atoms with van der Waals surface area (Å²) in [5.74, 6) is 2.37. The molecule has 0 radical (unpaired) electrons. The first-order valence-electron chi connectivity index (χ1n) is 6.62. The van der Waals surface area contributed by atoms with E-state index in [1.807, 2.05) is 12.1 Å². The highest BCUT2D eigenvalue weighted by molar-refractivity contribution is 7.99. The van der Waals surface area contributed by atoms with Gasteiger partial charge in [-0.25, -0.2) is 0 Å². The number of halogens is 1. The fraction of sp³-hybridized carbons (Fsp3) is 0.500. The number of nitrogens with one attached hydrogen (secondary N) is 1. The first-order valence-corrected chi connectivity index (χ1v) is 8.15. The second-order valence-corrected chi connectivity index (χ2v) is 5.83. The molecule has 1 amide bonds. The van der Waals surface area contributed by atoms with Crippen LogP contribution in [0.1, 0.15) is 5.56 Å². The monoisotopic (exact) mass is 331 g/mol. The molecule has 0 bridgehead atoms. The second kappa shape index (κ2) is 8.36. The largest absolute Gasteiger partial charge is 0.486 e. The maximum Gasteiger partial charge on any atom is 0.230 e. The smallest absolute Gasteiger partial charge is 0.230 e. The Hall–Kier alpha value is -1.11. The van der Waals surface area contributed by atoms with Gasteiger partial charge in [-0.1, -0.05) is 11.6 Å². The second-order valence-electron chi connectivity index (χ2n) is 4.44. The van der Waals surface area contributed by atoms with Crippen LogP contribution in [0.25, 0.3) is 0 Å². The van der Waals surface area contributed by atoms with Crippen molar-refractivity contribution in [1.29, 1.82) is 0 Å². The standard InChI is InChI=1S/C14H18ClNO4S/c1-18-3-2-16-13(17)9-21-8-10-6-11(15)14-12(7-10)19-4-5-20-14/h6-7H,2-5,8-9H2,1H3,(H,16,17). The molecule has 0 saturated carbocycles. The van der Waals surface area contributed by atoms with Gasteiger partial charge in [-0.2, -0.15) is 0 Å². The summed E-state index contributed by atoms with van der Waals surface area (Å²) in [7, 11) is 1.60. The lowest BCUT2D eigenvalue weighted by atomic mass is 10.2. The van der Waals surface area contributed by atoms with Crippen LogP contribution in [0, 0.1) is 0 Å². The van der Waals surface area contributed by atoms with Crippen LogP contribution in [0.3, 0.4) is 0 Å². The Morgan fingerprint density at radius 2 is 2.24 bits per heavy atom. The molecule has 0 spiro atoms. The number of hydrogen-bond donors (Lipinski definition) is 1. The zero-order chi connectivity index (χ0) is 15.1. The van der Waals surface area contributed by atoms with Gasteiger partial charge in [0.2, 0.25) is 5.91 Å². The van der Waals surface area contributed by atoms with Crippen LogP contribution in [0.4, 0.5) is 0 Å². The number of carbonyl (C=O) groups excluding carboxylic acids is 1. The number of benzene rings is 1. The highest BCUT2D eigenvalue weighted by atomic mass is 35.5. The third kappa shape index (κ3) is 4.98. The van der Waals surface area contributed by atoms with Gasteiger partial charge < -0.3 is 19.5 Å². The van der Waals surface area contributed by atoms with Crippen molar-refractivity contribution >= 4 is 29.3 Å². The van der Waals surface area contributed by atoms with Crippen molar-refractivity contribution in [2.24, 2.45) is 0 Å². The molecule has 2 rings (SSSR count). The van der Waals surface area contributed by atoms with Crippen molar-refractivity contribution < 1.29 is 19.0 Å². The lowest BCUT2D eigenvalue weighted by Crippen LogP contribution is -2.28. The number of thioether (sulfide) groups is 1. The first kappa shape index (κ1) is 16.3. The van der Waals surface area contributed by atoms with Crippen molar-refractivity contribution in [3.63, 3.8) is 0 Å².